The average molecular weight is 346 g/mol. The van der Waals surface area contributed by atoms with Gasteiger partial charge in [0, 0.05) is 23.0 Å². The predicted octanol–water partition coefficient (Wildman–Crippen LogP) is 2.45. The highest BCUT2D eigenvalue weighted by molar-refractivity contribution is 7.91. The zero-order valence-corrected chi connectivity index (χ0v) is 14.9. The molecule has 0 saturated heterocycles. The molecule has 2 heterocycles. The summed E-state index contributed by atoms with van der Waals surface area (Å²) in [4.78, 5) is 5.24. The van der Waals surface area contributed by atoms with Gasteiger partial charge >= 0.3 is 0 Å². The van der Waals surface area contributed by atoms with Crippen LogP contribution in [0.1, 0.15) is 29.3 Å². The quantitative estimate of drug-likeness (QED) is 0.843. The molecule has 0 aliphatic heterocycles. The molecule has 0 unspecified atom stereocenters. The SMILES string of the molecule is CNCc1sc(S(=O)(=O)NC(C)(C)c2nccs2)cc1C. The minimum absolute atomic E-state index is 0.342. The van der Waals surface area contributed by atoms with Crippen molar-refractivity contribution in [2.24, 2.45) is 0 Å². The molecule has 0 spiro atoms. The second-order valence-electron chi connectivity index (χ2n) is 5.27. The van der Waals surface area contributed by atoms with E-state index in [1.807, 2.05) is 33.2 Å². The summed E-state index contributed by atoms with van der Waals surface area (Å²) in [5.74, 6) is 0. The second kappa shape index (κ2) is 6.13. The maximum Gasteiger partial charge on any atom is 0.250 e. The number of aromatic nitrogens is 1. The van der Waals surface area contributed by atoms with E-state index < -0.39 is 15.6 Å². The van der Waals surface area contributed by atoms with E-state index in [0.29, 0.717) is 10.8 Å². The van der Waals surface area contributed by atoms with Gasteiger partial charge in [0.2, 0.25) is 0 Å². The zero-order chi connectivity index (χ0) is 15.7. The highest BCUT2D eigenvalue weighted by Crippen LogP contribution is 2.29. The standard InChI is InChI=1S/C13H19N3O2S3/c1-9-7-11(20-10(9)8-14-4)21(17,18)16-13(2,3)12-15-5-6-19-12/h5-7,14,16H,8H2,1-4H3. The molecule has 0 aliphatic carbocycles. The third kappa shape index (κ3) is 3.70. The van der Waals surface area contributed by atoms with Crippen LogP contribution in [0.15, 0.2) is 21.9 Å². The van der Waals surface area contributed by atoms with Crippen LogP contribution in [-0.4, -0.2) is 20.4 Å². The fourth-order valence-corrected chi connectivity index (χ4v) is 5.68. The van der Waals surface area contributed by atoms with E-state index >= 15 is 0 Å². The summed E-state index contributed by atoms with van der Waals surface area (Å²) in [5.41, 5.74) is 0.260. The van der Waals surface area contributed by atoms with Gasteiger partial charge in [0.05, 0.1) is 5.54 Å². The van der Waals surface area contributed by atoms with Crippen LogP contribution in [0.25, 0.3) is 0 Å². The summed E-state index contributed by atoms with van der Waals surface area (Å²) >= 11 is 2.74. The van der Waals surface area contributed by atoms with Crippen molar-refractivity contribution in [3.8, 4) is 0 Å². The smallest absolute Gasteiger partial charge is 0.250 e. The molecule has 8 heteroatoms. The Morgan fingerprint density at radius 1 is 1.38 bits per heavy atom. The summed E-state index contributed by atoms with van der Waals surface area (Å²) in [5, 5.41) is 5.63. The maximum atomic E-state index is 12.6. The number of rotatable bonds is 6. The first kappa shape index (κ1) is 16.6. The topological polar surface area (TPSA) is 71.1 Å². The molecule has 2 rings (SSSR count). The summed E-state index contributed by atoms with van der Waals surface area (Å²) in [6.07, 6.45) is 1.68. The van der Waals surface area contributed by atoms with Gasteiger partial charge in [-0.1, -0.05) is 0 Å². The molecule has 0 amide bonds. The fourth-order valence-electron chi connectivity index (χ4n) is 1.92. The van der Waals surface area contributed by atoms with Crippen LogP contribution in [0, 0.1) is 6.92 Å². The number of hydrogen-bond donors (Lipinski definition) is 2. The molecule has 0 aromatic carbocycles. The molecule has 21 heavy (non-hydrogen) atoms. The van der Waals surface area contributed by atoms with Gasteiger partial charge in [-0.2, -0.15) is 4.72 Å². The van der Waals surface area contributed by atoms with Crippen LogP contribution in [0.4, 0.5) is 0 Å². The lowest BCUT2D eigenvalue weighted by atomic mass is 10.1. The van der Waals surface area contributed by atoms with Gasteiger partial charge in [0.15, 0.2) is 0 Å². The van der Waals surface area contributed by atoms with Crippen molar-refractivity contribution < 1.29 is 8.42 Å². The van der Waals surface area contributed by atoms with Crippen molar-refractivity contribution in [1.29, 1.82) is 0 Å². The Morgan fingerprint density at radius 3 is 2.67 bits per heavy atom. The number of sulfonamides is 1. The Kier molecular flexibility index (Phi) is 4.84. The first-order valence-corrected chi connectivity index (χ1v) is 9.62. The molecule has 5 nitrogen and oxygen atoms in total. The maximum absolute atomic E-state index is 12.6. The molecule has 0 radical (unpaired) electrons. The van der Waals surface area contributed by atoms with E-state index in [0.717, 1.165) is 15.4 Å². The molecule has 2 N–H and O–H groups in total. The largest absolute Gasteiger partial charge is 0.315 e. The van der Waals surface area contributed by atoms with Crippen LogP contribution >= 0.6 is 22.7 Å². The lowest BCUT2D eigenvalue weighted by Gasteiger charge is -2.22. The molecule has 116 valence electrons. The molecule has 0 atom stereocenters. The van der Waals surface area contributed by atoms with Crippen LogP contribution < -0.4 is 10.0 Å². The first-order chi connectivity index (χ1) is 9.76. The third-order valence-corrected chi connectivity index (χ3v) is 7.42. The summed E-state index contributed by atoms with van der Waals surface area (Å²) in [6, 6.07) is 1.72. The van der Waals surface area contributed by atoms with Crippen molar-refractivity contribution in [3.05, 3.63) is 33.1 Å². The van der Waals surface area contributed by atoms with Crippen molar-refractivity contribution in [2.75, 3.05) is 7.05 Å². The van der Waals surface area contributed by atoms with E-state index in [9.17, 15) is 8.42 Å². The number of nitrogens with zero attached hydrogens (tertiary/aromatic N) is 1. The van der Waals surface area contributed by atoms with E-state index in [2.05, 4.69) is 15.0 Å². The minimum atomic E-state index is -3.56. The molecular weight excluding hydrogens is 326 g/mol. The number of thiophene rings is 1. The highest BCUT2D eigenvalue weighted by Gasteiger charge is 2.31. The Hall–Kier alpha value is -0.800. The predicted molar refractivity (Wildman–Crippen MR) is 87.3 cm³/mol. The summed E-state index contributed by atoms with van der Waals surface area (Å²) in [7, 11) is -1.71. The Labute approximate surface area is 133 Å². The summed E-state index contributed by atoms with van der Waals surface area (Å²) in [6.45, 7) is 6.23. The Morgan fingerprint density at radius 2 is 2.10 bits per heavy atom. The highest BCUT2D eigenvalue weighted by atomic mass is 32.2. The number of aryl methyl sites for hydroxylation is 1. The van der Waals surface area contributed by atoms with Crippen molar-refractivity contribution in [1.82, 2.24) is 15.0 Å². The normalized spacial score (nSPS) is 12.8. The van der Waals surface area contributed by atoms with E-state index in [1.54, 1.807) is 12.3 Å². The van der Waals surface area contributed by atoms with Crippen LogP contribution in [-0.2, 0) is 22.1 Å². The molecule has 0 bridgehead atoms. The van der Waals surface area contributed by atoms with Gasteiger partial charge in [0.25, 0.3) is 10.0 Å². The van der Waals surface area contributed by atoms with Crippen molar-refractivity contribution >= 4 is 32.7 Å². The first-order valence-electron chi connectivity index (χ1n) is 6.44. The van der Waals surface area contributed by atoms with Crippen LogP contribution in [0.5, 0.6) is 0 Å². The molecule has 2 aromatic heterocycles. The lowest BCUT2D eigenvalue weighted by molar-refractivity contribution is 0.471. The Balaban J connectivity index is 2.28. The van der Waals surface area contributed by atoms with Gasteiger partial charge in [-0.25, -0.2) is 13.4 Å². The number of hydrogen-bond acceptors (Lipinski definition) is 6. The monoisotopic (exact) mass is 345 g/mol. The molecule has 2 aromatic rings. The molecule has 0 aliphatic rings. The second-order valence-corrected chi connectivity index (χ2v) is 9.21. The molecular formula is C13H19N3O2S3. The summed E-state index contributed by atoms with van der Waals surface area (Å²) < 4.78 is 28.2. The number of thiazole rings is 1. The lowest BCUT2D eigenvalue weighted by Crippen LogP contribution is -2.40. The fraction of sp³-hybridized carbons (Fsp3) is 0.462. The van der Waals surface area contributed by atoms with E-state index in [1.165, 1.54) is 22.7 Å². The molecule has 0 saturated carbocycles. The zero-order valence-electron chi connectivity index (χ0n) is 12.4. The van der Waals surface area contributed by atoms with Gasteiger partial charge in [-0.15, -0.1) is 22.7 Å². The van der Waals surface area contributed by atoms with Crippen molar-refractivity contribution in [3.63, 3.8) is 0 Å². The minimum Gasteiger partial charge on any atom is -0.315 e. The Bertz CT molecular complexity index is 703. The van der Waals surface area contributed by atoms with Gasteiger partial charge in [0.1, 0.15) is 9.22 Å². The van der Waals surface area contributed by atoms with Gasteiger partial charge < -0.3 is 5.32 Å². The van der Waals surface area contributed by atoms with Crippen LogP contribution in [0.2, 0.25) is 0 Å². The average Bonchev–Trinajstić information content (AvgIpc) is 2.99. The van der Waals surface area contributed by atoms with Crippen LogP contribution in [0.3, 0.4) is 0 Å². The van der Waals surface area contributed by atoms with Crippen molar-refractivity contribution in [2.45, 2.75) is 37.1 Å². The van der Waals surface area contributed by atoms with E-state index in [4.69, 9.17) is 0 Å². The van der Waals surface area contributed by atoms with E-state index in [-0.39, 0.29) is 0 Å². The third-order valence-electron chi connectivity index (χ3n) is 2.96. The van der Waals surface area contributed by atoms with Gasteiger partial charge in [-0.3, -0.25) is 0 Å². The molecule has 0 fully saturated rings. The number of nitrogens with one attached hydrogen (secondary N) is 2. The van der Waals surface area contributed by atoms with Gasteiger partial charge in [-0.05, 0) is 39.4 Å².